The first kappa shape index (κ1) is 16.0. The highest BCUT2D eigenvalue weighted by molar-refractivity contribution is 5.34. The van der Waals surface area contributed by atoms with Crippen molar-refractivity contribution in [1.29, 1.82) is 0 Å². The van der Waals surface area contributed by atoms with Crippen molar-refractivity contribution >= 4 is 0 Å². The van der Waals surface area contributed by atoms with Crippen LogP contribution in [0.15, 0.2) is 54.6 Å². The largest absolute Gasteiger partial charge is 0.457 e. The highest BCUT2D eigenvalue weighted by Gasteiger charge is 2.21. The van der Waals surface area contributed by atoms with Gasteiger partial charge in [-0.05, 0) is 62.4 Å². The van der Waals surface area contributed by atoms with Gasteiger partial charge in [-0.1, -0.05) is 30.3 Å². The third-order valence-corrected chi connectivity index (χ3v) is 4.14. The van der Waals surface area contributed by atoms with E-state index in [1.807, 2.05) is 30.3 Å². The van der Waals surface area contributed by atoms with E-state index in [0.29, 0.717) is 5.92 Å². The van der Waals surface area contributed by atoms with Crippen molar-refractivity contribution in [3.05, 3.63) is 60.2 Å². The fourth-order valence-corrected chi connectivity index (χ4v) is 3.03. The third-order valence-electron chi connectivity index (χ3n) is 4.14. The molecule has 122 valence electrons. The number of hydrogen-bond donors (Lipinski definition) is 0. The molecular weight excluding hydrogens is 286 g/mol. The molecule has 0 saturated carbocycles. The first-order chi connectivity index (χ1) is 11.2. The van der Waals surface area contributed by atoms with Crippen molar-refractivity contribution < 1.29 is 9.57 Å². The molecule has 0 amide bonds. The molecule has 0 aliphatic carbocycles. The lowest BCUT2D eigenvalue weighted by Gasteiger charge is -2.32. The molecule has 1 saturated heterocycles. The number of hydroxylamine groups is 2. The highest BCUT2D eigenvalue weighted by atomic mass is 16.7. The highest BCUT2D eigenvalue weighted by Crippen LogP contribution is 2.30. The van der Waals surface area contributed by atoms with E-state index in [2.05, 4.69) is 43.2 Å². The van der Waals surface area contributed by atoms with Gasteiger partial charge in [-0.15, -0.1) is 0 Å². The molecule has 0 aromatic heterocycles. The molecule has 2 aromatic carbocycles. The Hall–Kier alpha value is -1.84. The Balaban J connectivity index is 1.56. The molecule has 1 aliphatic rings. The molecule has 0 bridgehead atoms. The maximum atomic E-state index is 5.85. The van der Waals surface area contributed by atoms with Crippen LogP contribution in [0.4, 0.5) is 0 Å². The van der Waals surface area contributed by atoms with E-state index in [1.165, 1.54) is 5.56 Å². The van der Waals surface area contributed by atoms with Crippen LogP contribution in [-0.4, -0.2) is 24.3 Å². The van der Waals surface area contributed by atoms with Gasteiger partial charge < -0.3 is 4.74 Å². The molecule has 2 aromatic rings. The summed E-state index contributed by atoms with van der Waals surface area (Å²) in [6, 6.07) is 18.4. The quantitative estimate of drug-likeness (QED) is 0.775. The molecule has 0 N–H and O–H groups in total. The van der Waals surface area contributed by atoms with Gasteiger partial charge in [0.1, 0.15) is 11.5 Å². The smallest absolute Gasteiger partial charge is 0.127 e. The van der Waals surface area contributed by atoms with Crippen LogP contribution in [-0.2, 0) is 4.84 Å². The Kier molecular flexibility index (Phi) is 5.31. The molecule has 0 spiro atoms. The first-order valence-corrected chi connectivity index (χ1v) is 8.45. The summed E-state index contributed by atoms with van der Waals surface area (Å²) in [5.74, 6) is 2.38. The lowest BCUT2D eigenvalue weighted by Crippen LogP contribution is -2.35. The van der Waals surface area contributed by atoms with Crippen LogP contribution in [0.25, 0.3) is 0 Å². The normalized spacial score (nSPS) is 16.7. The maximum Gasteiger partial charge on any atom is 0.127 e. The molecule has 1 fully saturated rings. The summed E-state index contributed by atoms with van der Waals surface area (Å²) in [6.45, 7) is 6.17. The van der Waals surface area contributed by atoms with Crippen molar-refractivity contribution in [2.75, 3.05) is 13.1 Å². The Labute approximate surface area is 138 Å². The third kappa shape index (κ3) is 4.57. The van der Waals surface area contributed by atoms with Gasteiger partial charge in [-0.2, -0.15) is 5.06 Å². The van der Waals surface area contributed by atoms with Gasteiger partial charge in [0.2, 0.25) is 0 Å². The van der Waals surface area contributed by atoms with Crippen molar-refractivity contribution in [2.45, 2.75) is 38.7 Å². The number of piperidine rings is 1. The van der Waals surface area contributed by atoms with Gasteiger partial charge in [0.25, 0.3) is 0 Å². The van der Waals surface area contributed by atoms with Gasteiger partial charge in [-0.3, -0.25) is 4.84 Å². The zero-order chi connectivity index (χ0) is 16.1. The van der Waals surface area contributed by atoms with Crippen LogP contribution < -0.4 is 4.74 Å². The van der Waals surface area contributed by atoms with E-state index in [-0.39, 0.29) is 6.10 Å². The van der Waals surface area contributed by atoms with Crippen LogP contribution in [0.1, 0.15) is 38.2 Å². The van der Waals surface area contributed by atoms with E-state index in [0.717, 1.165) is 37.4 Å². The van der Waals surface area contributed by atoms with Gasteiger partial charge in [0.15, 0.2) is 0 Å². The molecule has 3 heteroatoms. The summed E-state index contributed by atoms with van der Waals surface area (Å²) < 4.78 is 5.85. The number of ether oxygens (including phenoxy) is 1. The molecule has 0 unspecified atom stereocenters. The van der Waals surface area contributed by atoms with E-state index >= 15 is 0 Å². The first-order valence-electron chi connectivity index (χ1n) is 8.45. The van der Waals surface area contributed by atoms with Crippen LogP contribution in [0, 0.1) is 0 Å². The van der Waals surface area contributed by atoms with Crippen LogP contribution in [0.2, 0.25) is 0 Å². The summed E-state index contributed by atoms with van der Waals surface area (Å²) in [4.78, 5) is 5.77. The van der Waals surface area contributed by atoms with E-state index < -0.39 is 0 Å². The number of benzene rings is 2. The molecule has 0 radical (unpaired) electrons. The second-order valence-corrected chi connectivity index (χ2v) is 6.34. The molecular formula is C20H25NO2. The fraction of sp³-hybridized carbons (Fsp3) is 0.400. The second-order valence-electron chi connectivity index (χ2n) is 6.34. The zero-order valence-corrected chi connectivity index (χ0v) is 13.9. The van der Waals surface area contributed by atoms with Gasteiger partial charge in [0.05, 0.1) is 6.10 Å². The van der Waals surface area contributed by atoms with E-state index in [9.17, 15) is 0 Å². The molecule has 23 heavy (non-hydrogen) atoms. The predicted octanol–water partition coefficient (Wildman–Crippen LogP) is 5.00. The van der Waals surface area contributed by atoms with Crippen molar-refractivity contribution in [1.82, 2.24) is 5.06 Å². The summed E-state index contributed by atoms with van der Waals surface area (Å²) in [5, 5.41) is 2.11. The molecule has 1 aliphatic heterocycles. The van der Waals surface area contributed by atoms with Crippen LogP contribution >= 0.6 is 0 Å². The number of hydrogen-bond acceptors (Lipinski definition) is 3. The average molecular weight is 311 g/mol. The van der Waals surface area contributed by atoms with Crippen molar-refractivity contribution in [3.8, 4) is 11.5 Å². The molecule has 0 atom stereocenters. The lowest BCUT2D eigenvalue weighted by molar-refractivity contribution is -0.197. The number of rotatable bonds is 5. The molecule has 3 rings (SSSR count). The summed E-state index contributed by atoms with van der Waals surface area (Å²) in [6.07, 6.45) is 2.55. The van der Waals surface area contributed by atoms with Gasteiger partial charge in [0, 0.05) is 13.1 Å². The fourth-order valence-electron chi connectivity index (χ4n) is 3.03. The summed E-state index contributed by atoms with van der Waals surface area (Å²) in [5.41, 5.74) is 1.40. The van der Waals surface area contributed by atoms with Crippen molar-refractivity contribution in [2.24, 2.45) is 0 Å². The topological polar surface area (TPSA) is 21.7 Å². The van der Waals surface area contributed by atoms with Crippen LogP contribution in [0.3, 0.4) is 0 Å². The van der Waals surface area contributed by atoms with Crippen molar-refractivity contribution in [3.63, 3.8) is 0 Å². The Morgan fingerprint density at radius 3 is 2.09 bits per heavy atom. The monoisotopic (exact) mass is 311 g/mol. The second kappa shape index (κ2) is 7.62. The summed E-state index contributed by atoms with van der Waals surface area (Å²) in [7, 11) is 0. The molecule has 1 heterocycles. The standard InChI is InChI=1S/C20H25NO2/c1-16(2)23-21-14-12-18(13-15-21)17-8-10-20(11-9-17)22-19-6-4-3-5-7-19/h3-11,16,18H,12-15H2,1-2H3. The SMILES string of the molecule is CC(C)ON1CCC(c2ccc(Oc3ccccc3)cc2)CC1. The minimum absolute atomic E-state index is 0.265. The van der Waals surface area contributed by atoms with Crippen LogP contribution in [0.5, 0.6) is 11.5 Å². The van der Waals surface area contributed by atoms with E-state index in [4.69, 9.17) is 9.57 Å². The molecule has 3 nitrogen and oxygen atoms in total. The number of nitrogens with zero attached hydrogens (tertiary/aromatic N) is 1. The zero-order valence-electron chi connectivity index (χ0n) is 13.9. The minimum atomic E-state index is 0.265. The Bertz CT molecular complexity index is 587. The minimum Gasteiger partial charge on any atom is -0.457 e. The predicted molar refractivity (Wildman–Crippen MR) is 92.7 cm³/mol. The maximum absolute atomic E-state index is 5.85. The average Bonchev–Trinajstić information content (AvgIpc) is 2.57. The van der Waals surface area contributed by atoms with Gasteiger partial charge >= 0.3 is 0 Å². The van der Waals surface area contributed by atoms with E-state index in [1.54, 1.807) is 0 Å². The Morgan fingerprint density at radius 1 is 0.870 bits per heavy atom. The summed E-state index contributed by atoms with van der Waals surface area (Å²) >= 11 is 0. The Morgan fingerprint density at radius 2 is 1.48 bits per heavy atom. The number of para-hydroxylation sites is 1. The van der Waals surface area contributed by atoms with Gasteiger partial charge in [-0.25, -0.2) is 0 Å². The lowest BCUT2D eigenvalue weighted by atomic mass is 9.90.